The second-order valence-electron chi connectivity index (χ2n) is 4.19. The van der Waals surface area contributed by atoms with E-state index in [4.69, 9.17) is 5.11 Å². The summed E-state index contributed by atoms with van der Waals surface area (Å²) in [5, 5.41) is 20.1. The number of hydrogen-bond donors (Lipinski definition) is 2. The second-order valence-corrected chi connectivity index (χ2v) is 4.19. The van der Waals surface area contributed by atoms with Gasteiger partial charge in [-0.15, -0.1) is 5.10 Å². The maximum Gasteiger partial charge on any atom is 0.375 e. The predicted octanol–water partition coefficient (Wildman–Crippen LogP) is 0.115. The third-order valence-corrected chi connectivity index (χ3v) is 2.93. The fourth-order valence-electron chi connectivity index (χ4n) is 2.11. The molecule has 2 aromatic rings. The molecule has 1 aliphatic rings. The minimum atomic E-state index is -1.12. The van der Waals surface area contributed by atoms with Gasteiger partial charge in [-0.05, 0) is 6.42 Å². The van der Waals surface area contributed by atoms with Gasteiger partial charge < -0.3 is 10.4 Å². The molecule has 3 heterocycles. The van der Waals surface area contributed by atoms with Gasteiger partial charge in [-0.25, -0.2) is 9.48 Å². The molecular formula is C10H12N6O2. The van der Waals surface area contributed by atoms with Crippen LogP contribution in [0.1, 0.15) is 28.6 Å². The first kappa shape index (κ1) is 10.8. The number of fused-ring (bicyclic) bond motifs is 1. The van der Waals surface area contributed by atoms with Crippen molar-refractivity contribution < 1.29 is 9.90 Å². The second kappa shape index (κ2) is 3.83. The number of rotatable bonds is 2. The van der Waals surface area contributed by atoms with Gasteiger partial charge in [-0.1, -0.05) is 0 Å². The summed E-state index contributed by atoms with van der Waals surface area (Å²) in [4.78, 5) is 14.8. The van der Waals surface area contributed by atoms with Gasteiger partial charge in [0.1, 0.15) is 0 Å². The molecule has 0 radical (unpaired) electrons. The van der Waals surface area contributed by atoms with E-state index < -0.39 is 5.97 Å². The number of carboxylic acids is 1. The Morgan fingerprint density at radius 1 is 1.61 bits per heavy atom. The van der Waals surface area contributed by atoms with Crippen molar-refractivity contribution in [2.75, 3.05) is 11.9 Å². The summed E-state index contributed by atoms with van der Waals surface area (Å²) < 4.78 is 3.33. The summed E-state index contributed by atoms with van der Waals surface area (Å²) in [6.07, 6.45) is 4.49. The first-order chi connectivity index (χ1) is 8.65. The van der Waals surface area contributed by atoms with Crippen molar-refractivity contribution >= 4 is 11.9 Å². The molecule has 1 atom stereocenters. The van der Waals surface area contributed by atoms with E-state index in [9.17, 15) is 4.79 Å². The smallest absolute Gasteiger partial charge is 0.375 e. The Balaban J connectivity index is 2.03. The highest BCUT2D eigenvalue weighted by atomic mass is 16.4. The van der Waals surface area contributed by atoms with Crippen LogP contribution in [0.2, 0.25) is 0 Å². The van der Waals surface area contributed by atoms with Gasteiger partial charge in [0.15, 0.2) is 0 Å². The van der Waals surface area contributed by atoms with Gasteiger partial charge in [0.25, 0.3) is 5.82 Å². The van der Waals surface area contributed by atoms with Gasteiger partial charge in [0.05, 0.1) is 12.2 Å². The quantitative estimate of drug-likeness (QED) is 0.783. The predicted molar refractivity (Wildman–Crippen MR) is 61.4 cm³/mol. The summed E-state index contributed by atoms with van der Waals surface area (Å²) in [7, 11) is 1.84. The SMILES string of the molecule is Cn1cc(C2CCNc3nc(C(=O)O)nn32)cn1. The van der Waals surface area contributed by atoms with E-state index in [1.54, 1.807) is 15.6 Å². The third-order valence-electron chi connectivity index (χ3n) is 2.93. The fraction of sp³-hybridized carbons (Fsp3) is 0.400. The Bertz CT molecular complexity index is 601. The molecule has 8 nitrogen and oxygen atoms in total. The maximum absolute atomic E-state index is 10.9. The monoisotopic (exact) mass is 248 g/mol. The van der Waals surface area contributed by atoms with Crippen LogP contribution in [0.3, 0.4) is 0 Å². The summed E-state index contributed by atoms with van der Waals surface area (Å²) in [6, 6.07) is -0.0180. The van der Waals surface area contributed by atoms with E-state index in [-0.39, 0.29) is 11.9 Å². The number of nitrogens with zero attached hydrogens (tertiary/aromatic N) is 5. The van der Waals surface area contributed by atoms with Crippen LogP contribution in [0.15, 0.2) is 12.4 Å². The van der Waals surface area contributed by atoms with E-state index in [0.717, 1.165) is 18.5 Å². The summed E-state index contributed by atoms with van der Waals surface area (Å²) >= 11 is 0. The molecule has 0 amide bonds. The molecule has 18 heavy (non-hydrogen) atoms. The molecule has 0 saturated carbocycles. The molecule has 3 rings (SSSR count). The number of anilines is 1. The van der Waals surface area contributed by atoms with E-state index in [2.05, 4.69) is 20.5 Å². The number of hydrogen-bond acceptors (Lipinski definition) is 5. The molecular weight excluding hydrogens is 236 g/mol. The first-order valence-electron chi connectivity index (χ1n) is 5.57. The van der Waals surface area contributed by atoms with Crippen LogP contribution in [0, 0.1) is 0 Å². The highest BCUT2D eigenvalue weighted by Crippen LogP contribution is 2.27. The van der Waals surface area contributed by atoms with E-state index in [1.165, 1.54) is 0 Å². The zero-order valence-corrected chi connectivity index (χ0v) is 9.74. The number of aromatic nitrogens is 5. The van der Waals surface area contributed by atoms with Gasteiger partial charge in [-0.3, -0.25) is 4.68 Å². The van der Waals surface area contributed by atoms with Crippen molar-refractivity contribution in [2.45, 2.75) is 12.5 Å². The van der Waals surface area contributed by atoms with Crippen molar-refractivity contribution in [3.63, 3.8) is 0 Å². The van der Waals surface area contributed by atoms with Gasteiger partial charge >= 0.3 is 5.97 Å². The average molecular weight is 248 g/mol. The Morgan fingerprint density at radius 3 is 3.11 bits per heavy atom. The molecule has 0 bridgehead atoms. The standard InChI is InChI=1S/C10H12N6O2/c1-15-5-6(4-12-15)7-2-3-11-10-13-8(9(17)18)14-16(7)10/h4-5,7H,2-3H2,1H3,(H,17,18)(H,11,13,14). The highest BCUT2D eigenvalue weighted by Gasteiger charge is 2.26. The van der Waals surface area contributed by atoms with Crippen LogP contribution in [0.5, 0.6) is 0 Å². The normalized spacial score (nSPS) is 18.2. The lowest BCUT2D eigenvalue weighted by Crippen LogP contribution is -2.24. The van der Waals surface area contributed by atoms with Crippen LogP contribution < -0.4 is 5.32 Å². The van der Waals surface area contributed by atoms with Crippen molar-refractivity contribution in [3.8, 4) is 0 Å². The summed E-state index contributed by atoms with van der Waals surface area (Å²) in [5.74, 6) is -0.815. The van der Waals surface area contributed by atoms with Crippen LogP contribution in [-0.2, 0) is 7.05 Å². The van der Waals surface area contributed by atoms with Crippen molar-refractivity contribution in [1.82, 2.24) is 24.5 Å². The minimum Gasteiger partial charge on any atom is -0.475 e. The summed E-state index contributed by atoms with van der Waals surface area (Å²) in [6.45, 7) is 0.733. The third kappa shape index (κ3) is 1.62. The lowest BCUT2D eigenvalue weighted by molar-refractivity contribution is 0.0683. The van der Waals surface area contributed by atoms with Crippen LogP contribution in [0.4, 0.5) is 5.95 Å². The number of aryl methyl sites for hydroxylation is 1. The molecule has 0 fully saturated rings. The topological polar surface area (TPSA) is 97.9 Å². The zero-order valence-electron chi connectivity index (χ0n) is 9.74. The summed E-state index contributed by atoms with van der Waals surface area (Å²) in [5.41, 5.74) is 1.00. The van der Waals surface area contributed by atoms with Gasteiger partial charge in [0, 0.05) is 25.4 Å². The van der Waals surface area contributed by atoms with Crippen molar-refractivity contribution in [2.24, 2.45) is 7.05 Å². The average Bonchev–Trinajstić information content (AvgIpc) is 2.94. The Hall–Kier alpha value is -2.38. The lowest BCUT2D eigenvalue weighted by Gasteiger charge is -2.23. The largest absolute Gasteiger partial charge is 0.475 e. The van der Waals surface area contributed by atoms with Crippen molar-refractivity contribution in [1.29, 1.82) is 0 Å². The van der Waals surface area contributed by atoms with Gasteiger partial charge in [-0.2, -0.15) is 10.1 Å². The molecule has 2 N–H and O–H groups in total. The first-order valence-corrected chi connectivity index (χ1v) is 5.57. The molecule has 94 valence electrons. The van der Waals surface area contributed by atoms with Crippen LogP contribution >= 0.6 is 0 Å². The molecule has 0 aliphatic carbocycles. The molecule has 8 heteroatoms. The lowest BCUT2D eigenvalue weighted by atomic mass is 10.1. The molecule has 2 aromatic heterocycles. The molecule has 0 aromatic carbocycles. The van der Waals surface area contributed by atoms with Crippen molar-refractivity contribution in [3.05, 3.63) is 23.8 Å². The van der Waals surface area contributed by atoms with E-state index >= 15 is 0 Å². The molecule has 1 aliphatic heterocycles. The van der Waals surface area contributed by atoms with Crippen LogP contribution in [-0.4, -0.2) is 42.2 Å². The Kier molecular flexibility index (Phi) is 2.29. The molecule has 0 saturated heterocycles. The van der Waals surface area contributed by atoms with E-state index in [0.29, 0.717) is 5.95 Å². The maximum atomic E-state index is 10.9. The molecule has 0 spiro atoms. The minimum absolute atomic E-state index is 0.0180. The zero-order chi connectivity index (χ0) is 12.7. The molecule has 1 unspecified atom stereocenters. The number of aromatic carboxylic acids is 1. The fourth-order valence-corrected chi connectivity index (χ4v) is 2.11. The highest BCUT2D eigenvalue weighted by molar-refractivity contribution is 5.83. The van der Waals surface area contributed by atoms with E-state index in [1.807, 2.05) is 13.2 Å². The number of carboxylic acid groups (broad SMARTS) is 1. The van der Waals surface area contributed by atoms with Crippen LogP contribution in [0.25, 0.3) is 0 Å². The Morgan fingerprint density at radius 2 is 2.44 bits per heavy atom. The Labute approximate surface area is 102 Å². The van der Waals surface area contributed by atoms with Gasteiger partial charge in [0.2, 0.25) is 5.95 Å². The number of nitrogens with one attached hydrogen (secondary N) is 1. The number of carbonyl (C=O) groups is 1.